The Morgan fingerprint density at radius 2 is 1.61 bits per heavy atom. The fraction of sp³-hybridized carbons (Fsp3) is 0.355. The van der Waals surface area contributed by atoms with Crippen molar-refractivity contribution in [2.45, 2.75) is 62.2 Å². The number of nitrogens with one attached hydrogen (secondary N) is 2. The van der Waals surface area contributed by atoms with Crippen molar-refractivity contribution in [2.75, 3.05) is 12.9 Å². The number of hydroxylamine groups is 1. The highest BCUT2D eigenvalue weighted by atomic mass is 32.2. The average Bonchev–Trinajstić information content (AvgIpc) is 3.03. The maximum atomic E-state index is 12.1. The van der Waals surface area contributed by atoms with Crippen LogP contribution in [0.3, 0.4) is 0 Å². The summed E-state index contributed by atoms with van der Waals surface area (Å²) in [5.74, 6) is 0.876. The Labute approximate surface area is 244 Å². The SMILES string of the molecule is COc1ccccc1SC[C@H]1C[C@@H](c2ccc(CO)cc2)O[C@@H](c2ccc(CNC(=O)CCCC(=O)NO)cc2)O1. The average molecular weight is 581 g/mol. The van der Waals surface area contributed by atoms with Crippen LogP contribution in [0.25, 0.3) is 0 Å². The molecule has 9 nitrogen and oxygen atoms in total. The molecule has 4 N–H and O–H groups in total. The summed E-state index contributed by atoms with van der Waals surface area (Å²) in [6.07, 6.45) is 0.482. The number of benzene rings is 3. The number of carbonyl (C=O) groups is 2. The molecule has 3 aromatic carbocycles. The van der Waals surface area contributed by atoms with E-state index >= 15 is 0 Å². The number of hydrogen-bond acceptors (Lipinski definition) is 8. The molecule has 1 heterocycles. The fourth-order valence-corrected chi connectivity index (χ4v) is 5.54. The maximum Gasteiger partial charge on any atom is 0.243 e. The normalized spacial score (nSPS) is 18.5. The van der Waals surface area contributed by atoms with Crippen LogP contribution in [0.1, 0.15) is 60.3 Å². The highest BCUT2D eigenvalue weighted by Gasteiger charge is 2.32. The lowest BCUT2D eigenvalue weighted by Crippen LogP contribution is -2.31. The van der Waals surface area contributed by atoms with E-state index in [1.165, 1.54) is 0 Å². The molecular formula is C31H36N2O7S. The second-order valence-electron chi connectivity index (χ2n) is 9.72. The molecule has 1 saturated heterocycles. The molecule has 0 radical (unpaired) electrons. The summed E-state index contributed by atoms with van der Waals surface area (Å²) in [5.41, 5.74) is 5.23. The van der Waals surface area contributed by atoms with Crippen LogP contribution in [0.2, 0.25) is 0 Å². The molecule has 3 aromatic rings. The first-order valence-electron chi connectivity index (χ1n) is 13.5. The Bertz CT molecular complexity index is 1270. The van der Waals surface area contributed by atoms with Gasteiger partial charge in [0.05, 0.1) is 25.9 Å². The minimum Gasteiger partial charge on any atom is -0.496 e. The number of para-hydroxylation sites is 1. The zero-order chi connectivity index (χ0) is 29.0. The standard InChI is InChI=1S/C31H36N2O7S/c1-38-26-5-2-3-6-28(26)41-20-25-17-27(23-13-11-22(19-34)12-14-23)40-31(39-25)24-15-9-21(10-16-24)18-32-29(35)7-4-8-30(36)33-37/h2-3,5-6,9-16,25,27,31,34,37H,4,7-8,17-20H2,1H3,(H,32,35)(H,33,36)/t25-,27+,31+/m1/s1. The number of methoxy groups -OCH3 is 1. The predicted molar refractivity (Wildman–Crippen MR) is 154 cm³/mol. The van der Waals surface area contributed by atoms with Crippen molar-refractivity contribution in [1.82, 2.24) is 10.8 Å². The van der Waals surface area contributed by atoms with Crippen molar-refractivity contribution in [3.8, 4) is 5.75 Å². The molecule has 218 valence electrons. The van der Waals surface area contributed by atoms with E-state index in [0.29, 0.717) is 19.4 Å². The zero-order valence-corrected chi connectivity index (χ0v) is 23.8. The van der Waals surface area contributed by atoms with Gasteiger partial charge in [-0.15, -0.1) is 11.8 Å². The number of thioether (sulfide) groups is 1. The highest BCUT2D eigenvalue weighted by Crippen LogP contribution is 2.40. The third-order valence-electron chi connectivity index (χ3n) is 6.78. The van der Waals surface area contributed by atoms with Gasteiger partial charge in [-0.05, 0) is 35.2 Å². The number of aliphatic hydroxyl groups excluding tert-OH is 1. The van der Waals surface area contributed by atoms with E-state index in [1.807, 2.05) is 72.8 Å². The molecule has 0 spiro atoms. The number of hydrogen-bond donors (Lipinski definition) is 4. The smallest absolute Gasteiger partial charge is 0.243 e. The molecule has 3 atom stereocenters. The molecule has 1 aliphatic heterocycles. The predicted octanol–water partition coefficient (Wildman–Crippen LogP) is 4.82. The van der Waals surface area contributed by atoms with Gasteiger partial charge in [-0.1, -0.05) is 60.7 Å². The van der Waals surface area contributed by atoms with E-state index in [9.17, 15) is 14.7 Å². The van der Waals surface area contributed by atoms with E-state index in [0.717, 1.165) is 38.7 Å². The highest BCUT2D eigenvalue weighted by molar-refractivity contribution is 7.99. The Morgan fingerprint density at radius 1 is 0.927 bits per heavy atom. The van der Waals surface area contributed by atoms with Gasteiger partial charge in [-0.2, -0.15) is 0 Å². The van der Waals surface area contributed by atoms with Crippen LogP contribution >= 0.6 is 11.8 Å². The van der Waals surface area contributed by atoms with E-state index in [4.69, 9.17) is 19.4 Å². The van der Waals surface area contributed by atoms with Crippen molar-refractivity contribution < 1.29 is 34.1 Å². The van der Waals surface area contributed by atoms with Crippen LogP contribution in [0.4, 0.5) is 0 Å². The monoisotopic (exact) mass is 580 g/mol. The molecule has 0 aliphatic carbocycles. The van der Waals surface area contributed by atoms with Gasteiger partial charge in [0, 0.05) is 42.0 Å². The number of aliphatic hydroxyl groups is 1. The third kappa shape index (κ3) is 9.04. The summed E-state index contributed by atoms with van der Waals surface area (Å²) >= 11 is 1.69. The summed E-state index contributed by atoms with van der Waals surface area (Å²) in [5, 5.41) is 20.8. The Kier molecular flexibility index (Phi) is 11.6. The number of carbonyl (C=O) groups excluding carboxylic acids is 2. The van der Waals surface area contributed by atoms with Crippen molar-refractivity contribution >= 4 is 23.6 Å². The van der Waals surface area contributed by atoms with Crippen LogP contribution in [0, 0.1) is 0 Å². The van der Waals surface area contributed by atoms with E-state index in [2.05, 4.69) is 5.32 Å². The lowest BCUT2D eigenvalue weighted by atomic mass is 10.0. The fourth-order valence-electron chi connectivity index (χ4n) is 4.49. The largest absolute Gasteiger partial charge is 0.496 e. The van der Waals surface area contributed by atoms with Crippen LogP contribution in [-0.4, -0.2) is 41.1 Å². The second kappa shape index (κ2) is 15.6. The van der Waals surface area contributed by atoms with Gasteiger partial charge in [0.15, 0.2) is 6.29 Å². The van der Waals surface area contributed by atoms with Crippen molar-refractivity contribution in [2.24, 2.45) is 0 Å². The van der Waals surface area contributed by atoms with Crippen LogP contribution in [0.5, 0.6) is 5.75 Å². The number of amides is 2. The first-order chi connectivity index (χ1) is 20.0. The van der Waals surface area contributed by atoms with Gasteiger partial charge in [0.25, 0.3) is 0 Å². The van der Waals surface area contributed by atoms with Crippen molar-refractivity contribution in [1.29, 1.82) is 0 Å². The van der Waals surface area contributed by atoms with Gasteiger partial charge in [0.1, 0.15) is 5.75 Å². The maximum absolute atomic E-state index is 12.1. The van der Waals surface area contributed by atoms with Crippen LogP contribution < -0.4 is 15.5 Å². The molecule has 0 bridgehead atoms. The first kappa shape index (κ1) is 30.5. The first-order valence-corrected chi connectivity index (χ1v) is 14.5. The lowest BCUT2D eigenvalue weighted by Gasteiger charge is -2.36. The number of rotatable bonds is 13. The molecule has 0 saturated carbocycles. The lowest BCUT2D eigenvalue weighted by molar-refractivity contribution is -0.245. The minimum absolute atomic E-state index is 0.0105. The molecule has 2 amide bonds. The van der Waals surface area contributed by atoms with Crippen molar-refractivity contribution in [3.63, 3.8) is 0 Å². The van der Waals surface area contributed by atoms with Crippen LogP contribution in [0.15, 0.2) is 77.7 Å². The summed E-state index contributed by atoms with van der Waals surface area (Å²) in [7, 11) is 1.67. The van der Waals surface area contributed by atoms with Crippen molar-refractivity contribution in [3.05, 3.63) is 95.1 Å². The third-order valence-corrected chi connectivity index (χ3v) is 7.97. The summed E-state index contributed by atoms with van der Waals surface area (Å²) in [6, 6.07) is 23.5. The molecule has 1 aliphatic rings. The Morgan fingerprint density at radius 3 is 2.32 bits per heavy atom. The molecule has 10 heteroatoms. The summed E-state index contributed by atoms with van der Waals surface area (Å²) < 4.78 is 18.4. The molecule has 0 aromatic heterocycles. The van der Waals surface area contributed by atoms with Gasteiger partial charge in [0.2, 0.25) is 11.8 Å². The van der Waals surface area contributed by atoms with Gasteiger partial charge in [-0.3, -0.25) is 14.8 Å². The zero-order valence-electron chi connectivity index (χ0n) is 23.0. The molecular weight excluding hydrogens is 544 g/mol. The molecule has 41 heavy (non-hydrogen) atoms. The molecule has 1 fully saturated rings. The topological polar surface area (TPSA) is 126 Å². The minimum atomic E-state index is -0.573. The van der Waals surface area contributed by atoms with Gasteiger partial charge in [-0.25, -0.2) is 5.48 Å². The van der Waals surface area contributed by atoms with E-state index in [-0.39, 0.29) is 37.6 Å². The van der Waals surface area contributed by atoms with E-state index in [1.54, 1.807) is 24.4 Å². The van der Waals surface area contributed by atoms with Gasteiger partial charge < -0.3 is 24.6 Å². The van der Waals surface area contributed by atoms with Gasteiger partial charge >= 0.3 is 0 Å². The number of ether oxygens (including phenoxy) is 3. The summed E-state index contributed by atoms with van der Waals surface area (Å²) in [6.45, 7) is 0.346. The molecule has 0 unspecified atom stereocenters. The van der Waals surface area contributed by atoms with E-state index < -0.39 is 12.2 Å². The quantitative estimate of drug-likeness (QED) is 0.129. The van der Waals surface area contributed by atoms with Crippen LogP contribution in [-0.2, 0) is 32.2 Å². The summed E-state index contributed by atoms with van der Waals surface area (Å²) in [4.78, 5) is 24.2. The Hall–Kier alpha value is -3.41. The second-order valence-corrected chi connectivity index (χ2v) is 10.8. The molecule has 4 rings (SSSR count). The Balaban J connectivity index is 1.40.